The molecule has 0 aliphatic carbocycles. The molecule has 1 unspecified atom stereocenters. The van der Waals surface area contributed by atoms with Crippen molar-refractivity contribution in [2.45, 2.75) is 18.7 Å². The monoisotopic (exact) mass is 492 g/mol. The van der Waals surface area contributed by atoms with E-state index in [1.165, 1.54) is 24.7 Å². The number of carbonyl (C=O) groups is 1. The molecule has 0 spiro atoms. The van der Waals surface area contributed by atoms with Crippen molar-refractivity contribution in [3.63, 3.8) is 0 Å². The van der Waals surface area contributed by atoms with Gasteiger partial charge in [0.25, 0.3) is 0 Å². The molecule has 32 heavy (non-hydrogen) atoms. The van der Waals surface area contributed by atoms with Crippen LogP contribution < -0.4 is 9.04 Å². The average molecular weight is 493 g/mol. The summed E-state index contributed by atoms with van der Waals surface area (Å²) in [5.41, 5.74) is 2.24. The highest BCUT2D eigenvalue weighted by molar-refractivity contribution is 7.86. The lowest BCUT2D eigenvalue weighted by Gasteiger charge is -2.25. The fourth-order valence-electron chi connectivity index (χ4n) is 3.19. The standard InChI is InChI=1S/C23H22Cl2N2O4S/c1-14-6-5-7-20(31-4)21(14)23(28)22-19(11-16(24)12-26-22)27(13-30-3)32(29)17-8-9-18(25)15(2)10-17/h5-12H,13H2,1-4H3. The first-order valence-electron chi connectivity index (χ1n) is 9.56. The Bertz CT molecular complexity index is 1190. The largest absolute Gasteiger partial charge is 0.496 e. The number of hydrogen-bond acceptors (Lipinski definition) is 5. The van der Waals surface area contributed by atoms with Crippen molar-refractivity contribution >= 4 is 45.7 Å². The highest BCUT2D eigenvalue weighted by Gasteiger charge is 2.27. The number of hydrogen-bond donors (Lipinski definition) is 0. The van der Waals surface area contributed by atoms with Crippen LogP contribution >= 0.6 is 23.2 Å². The second-order valence-electron chi connectivity index (χ2n) is 6.96. The summed E-state index contributed by atoms with van der Waals surface area (Å²) in [6.07, 6.45) is 1.38. The zero-order valence-corrected chi connectivity index (χ0v) is 20.3. The third-order valence-electron chi connectivity index (χ3n) is 4.78. The molecule has 6 nitrogen and oxygen atoms in total. The Morgan fingerprint density at radius 2 is 1.84 bits per heavy atom. The minimum Gasteiger partial charge on any atom is -0.496 e. The van der Waals surface area contributed by atoms with Crippen molar-refractivity contribution in [3.8, 4) is 5.75 Å². The SMILES string of the molecule is COCN(c1cc(Cl)cnc1C(=O)c1c(C)cccc1OC)S(=O)c1ccc(Cl)c(C)c1. The number of ketones is 1. The summed E-state index contributed by atoms with van der Waals surface area (Å²) in [6.45, 7) is 3.57. The van der Waals surface area contributed by atoms with Gasteiger partial charge in [0.1, 0.15) is 18.2 Å². The molecule has 0 aliphatic rings. The van der Waals surface area contributed by atoms with Gasteiger partial charge in [0.05, 0.1) is 28.3 Å². The van der Waals surface area contributed by atoms with E-state index in [1.54, 1.807) is 36.4 Å². The number of benzene rings is 2. The van der Waals surface area contributed by atoms with Gasteiger partial charge in [-0.15, -0.1) is 0 Å². The minimum atomic E-state index is -1.73. The Hall–Kier alpha value is -2.45. The summed E-state index contributed by atoms with van der Waals surface area (Å²) in [7, 11) is 1.24. The van der Waals surface area contributed by atoms with Gasteiger partial charge in [0.15, 0.2) is 11.0 Å². The molecule has 0 saturated carbocycles. The summed E-state index contributed by atoms with van der Waals surface area (Å²) in [5.74, 6) is 0.0439. The molecule has 0 fully saturated rings. The average Bonchev–Trinajstić information content (AvgIpc) is 2.78. The van der Waals surface area contributed by atoms with Crippen molar-refractivity contribution in [2.75, 3.05) is 25.3 Å². The molecule has 168 valence electrons. The first-order valence-corrected chi connectivity index (χ1v) is 11.4. The van der Waals surface area contributed by atoms with E-state index >= 15 is 0 Å². The maximum absolute atomic E-state index is 13.6. The second kappa shape index (κ2) is 10.4. The number of halogens is 2. The Morgan fingerprint density at radius 1 is 1.09 bits per heavy atom. The summed E-state index contributed by atoms with van der Waals surface area (Å²) in [4.78, 5) is 18.4. The maximum atomic E-state index is 13.6. The number of pyridine rings is 1. The van der Waals surface area contributed by atoms with Crippen molar-refractivity contribution in [3.05, 3.63) is 81.1 Å². The van der Waals surface area contributed by atoms with E-state index in [0.29, 0.717) is 26.3 Å². The lowest BCUT2D eigenvalue weighted by molar-refractivity contribution is 0.103. The van der Waals surface area contributed by atoms with Crippen LogP contribution in [0.15, 0.2) is 53.6 Å². The number of methoxy groups -OCH3 is 2. The van der Waals surface area contributed by atoms with Crippen LogP contribution in [0.25, 0.3) is 0 Å². The van der Waals surface area contributed by atoms with E-state index in [2.05, 4.69) is 4.98 Å². The highest BCUT2D eigenvalue weighted by atomic mass is 35.5. The van der Waals surface area contributed by atoms with Crippen molar-refractivity contribution in [1.29, 1.82) is 0 Å². The number of carbonyl (C=O) groups excluding carboxylic acids is 1. The minimum absolute atomic E-state index is 0.0680. The molecule has 0 amide bonds. The Kier molecular flexibility index (Phi) is 7.90. The van der Waals surface area contributed by atoms with Crippen LogP contribution in [0.2, 0.25) is 10.0 Å². The number of anilines is 1. The number of aryl methyl sites for hydroxylation is 2. The molecule has 0 N–H and O–H groups in total. The van der Waals surface area contributed by atoms with Gasteiger partial charge >= 0.3 is 0 Å². The van der Waals surface area contributed by atoms with Gasteiger partial charge in [-0.3, -0.25) is 9.10 Å². The molecule has 9 heteroatoms. The van der Waals surface area contributed by atoms with Gasteiger partial charge in [-0.05, 0) is 55.3 Å². The van der Waals surface area contributed by atoms with Crippen LogP contribution in [0.3, 0.4) is 0 Å². The number of nitrogens with zero attached hydrogens (tertiary/aromatic N) is 2. The highest BCUT2D eigenvalue weighted by Crippen LogP contribution is 2.32. The Labute approximate surface area is 199 Å². The lowest BCUT2D eigenvalue weighted by atomic mass is 10.00. The van der Waals surface area contributed by atoms with Crippen LogP contribution in [-0.2, 0) is 15.7 Å². The molecular formula is C23H22Cl2N2O4S. The van der Waals surface area contributed by atoms with E-state index < -0.39 is 11.0 Å². The van der Waals surface area contributed by atoms with E-state index in [4.69, 9.17) is 32.7 Å². The fourth-order valence-corrected chi connectivity index (χ4v) is 4.70. The predicted octanol–water partition coefficient (Wildman–Crippen LogP) is 5.38. The molecule has 3 rings (SSSR count). The van der Waals surface area contributed by atoms with Gasteiger partial charge < -0.3 is 9.47 Å². The van der Waals surface area contributed by atoms with Gasteiger partial charge in [0, 0.05) is 18.3 Å². The molecular weight excluding hydrogens is 471 g/mol. The van der Waals surface area contributed by atoms with E-state index in [-0.39, 0.29) is 23.9 Å². The third kappa shape index (κ3) is 4.96. The number of ether oxygens (including phenoxy) is 2. The fraction of sp³-hybridized carbons (Fsp3) is 0.217. The zero-order chi connectivity index (χ0) is 23.4. The molecule has 0 saturated heterocycles. The van der Waals surface area contributed by atoms with Crippen LogP contribution in [0.4, 0.5) is 5.69 Å². The topological polar surface area (TPSA) is 68.7 Å². The van der Waals surface area contributed by atoms with Crippen LogP contribution in [-0.4, -0.2) is 35.9 Å². The molecule has 3 aromatic rings. The number of aromatic nitrogens is 1. The second-order valence-corrected chi connectivity index (χ2v) is 9.21. The predicted molar refractivity (Wildman–Crippen MR) is 127 cm³/mol. The van der Waals surface area contributed by atoms with Crippen molar-refractivity contribution in [1.82, 2.24) is 4.98 Å². The molecule has 0 aliphatic heterocycles. The Morgan fingerprint density at radius 3 is 2.50 bits per heavy atom. The summed E-state index contributed by atoms with van der Waals surface area (Å²) in [6, 6.07) is 11.9. The first kappa shape index (κ1) is 24.2. The van der Waals surface area contributed by atoms with E-state index in [0.717, 1.165) is 11.1 Å². The summed E-state index contributed by atoms with van der Waals surface area (Å²) < 4.78 is 25.6. The van der Waals surface area contributed by atoms with E-state index in [9.17, 15) is 9.00 Å². The van der Waals surface area contributed by atoms with Gasteiger partial charge in [-0.2, -0.15) is 0 Å². The maximum Gasteiger partial charge on any atom is 0.217 e. The molecule has 0 radical (unpaired) electrons. The molecule has 1 atom stereocenters. The summed E-state index contributed by atoms with van der Waals surface area (Å²) >= 11 is 12.3. The first-order chi connectivity index (χ1) is 15.3. The summed E-state index contributed by atoms with van der Waals surface area (Å²) in [5, 5.41) is 0.856. The van der Waals surface area contributed by atoms with Crippen LogP contribution in [0.5, 0.6) is 5.75 Å². The molecule has 0 bridgehead atoms. The van der Waals surface area contributed by atoms with Gasteiger partial charge in [-0.25, -0.2) is 9.19 Å². The third-order valence-corrected chi connectivity index (χ3v) is 6.77. The van der Waals surface area contributed by atoms with Gasteiger partial charge in [0.2, 0.25) is 5.78 Å². The van der Waals surface area contributed by atoms with Crippen LogP contribution in [0.1, 0.15) is 27.2 Å². The molecule has 2 aromatic carbocycles. The quantitative estimate of drug-likeness (QED) is 0.312. The zero-order valence-electron chi connectivity index (χ0n) is 18.0. The molecule has 1 aromatic heterocycles. The van der Waals surface area contributed by atoms with Crippen molar-refractivity contribution < 1.29 is 18.5 Å². The molecule has 1 heterocycles. The smallest absolute Gasteiger partial charge is 0.217 e. The van der Waals surface area contributed by atoms with Gasteiger partial charge in [-0.1, -0.05) is 35.3 Å². The van der Waals surface area contributed by atoms with Crippen LogP contribution in [0, 0.1) is 13.8 Å². The van der Waals surface area contributed by atoms with Crippen molar-refractivity contribution in [2.24, 2.45) is 0 Å². The number of rotatable bonds is 8. The lowest BCUT2D eigenvalue weighted by Crippen LogP contribution is -2.30. The normalized spacial score (nSPS) is 11.8. The Balaban J connectivity index is 2.15. The van der Waals surface area contributed by atoms with E-state index in [1.807, 2.05) is 19.9 Å².